The third kappa shape index (κ3) is 1.98. The molecule has 0 N–H and O–H groups in total. The van der Waals surface area contributed by atoms with Crippen LogP contribution in [0.15, 0.2) is 4.99 Å². The molecule has 0 spiro atoms. The monoisotopic (exact) mass is 249 g/mol. The summed E-state index contributed by atoms with van der Waals surface area (Å²) in [7, 11) is 1.88. The van der Waals surface area contributed by atoms with Gasteiger partial charge in [-0.05, 0) is 20.3 Å². The Kier molecular flexibility index (Phi) is 2.78. The SMILES string of the molecule is CN1CCN=C1N1CCC(C(F)(F)F)C1(C)C. The van der Waals surface area contributed by atoms with Crippen molar-refractivity contribution in [3.05, 3.63) is 0 Å². The van der Waals surface area contributed by atoms with Crippen LogP contribution in [0.4, 0.5) is 13.2 Å². The van der Waals surface area contributed by atoms with E-state index in [0.717, 1.165) is 6.54 Å². The molecule has 1 saturated heterocycles. The summed E-state index contributed by atoms with van der Waals surface area (Å²) < 4.78 is 38.8. The first-order valence-electron chi connectivity index (χ1n) is 5.84. The molecule has 98 valence electrons. The fourth-order valence-electron chi connectivity index (χ4n) is 2.82. The molecule has 0 radical (unpaired) electrons. The number of aliphatic imine (C=N–C) groups is 1. The Bertz CT molecular complexity index is 335. The van der Waals surface area contributed by atoms with Crippen molar-refractivity contribution >= 4 is 5.96 Å². The predicted molar refractivity (Wildman–Crippen MR) is 59.9 cm³/mol. The maximum Gasteiger partial charge on any atom is 0.394 e. The molecule has 2 aliphatic heterocycles. The molecule has 0 aliphatic carbocycles. The number of likely N-dealkylation sites (tertiary alicyclic amines) is 1. The second-order valence-corrected chi connectivity index (χ2v) is 5.29. The van der Waals surface area contributed by atoms with Gasteiger partial charge in [-0.3, -0.25) is 4.99 Å². The van der Waals surface area contributed by atoms with Gasteiger partial charge in [0.2, 0.25) is 0 Å². The zero-order chi connectivity index (χ0) is 12.8. The Labute approximate surface area is 99.3 Å². The van der Waals surface area contributed by atoms with Gasteiger partial charge in [0.15, 0.2) is 5.96 Å². The van der Waals surface area contributed by atoms with E-state index in [0.29, 0.717) is 19.0 Å². The highest BCUT2D eigenvalue weighted by Crippen LogP contribution is 2.45. The lowest BCUT2D eigenvalue weighted by molar-refractivity contribution is -0.189. The van der Waals surface area contributed by atoms with Crippen LogP contribution in [0, 0.1) is 5.92 Å². The lowest BCUT2D eigenvalue weighted by atomic mass is 9.88. The van der Waals surface area contributed by atoms with Gasteiger partial charge in [-0.25, -0.2) is 0 Å². The van der Waals surface area contributed by atoms with Crippen molar-refractivity contribution in [2.24, 2.45) is 10.9 Å². The van der Waals surface area contributed by atoms with Crippen molar-refractivity contribution in [1.82, 2.24) is 9.80 Å². The predicted octanol–water partition coefficient (Wildman–Crippen LogP) is 1.95. The molecule has 0 bridgehead atoms. The summed E-state index contributed by atoms with van der Waals surface area (Å²) in [5.41, 5.74) is -0.907. The van der Waals surface area contributed by atoms with E-state index in [1.165, 1.54) is 0 Å². The zero-order valence-corrected chi connectivity index (χ0v) is 10.4. The highest BCUT2D eigenvalue weighted by atomic mass is 19.4. The van der Waals surface area contributed by atoms with Crippen molar-refractivity contribution < 1.29 is 13.2 Å². The van der Waals surface area contributed by atoms with Crippen molar-refractivity contribution in [2.45, 2.75) is 32.0 Å². The molecule has 2 rings (SSSR count). The molecule has 6 heteroatoms. The Morgan fingerprint density at radius 3 is 2.35 bits per heavy atom. The Morgan fingerprint density at radius 2 is 1.94 bits per heavy atom. The van der Waals surface area contributed by atoms with Crippen molar-refractivity contribution in [3.8, 4) is 0 Å². The zero-order valence-electron chi connectivity index (χ0n) is 10.4. The minimum Gasteiger partial charge on any atom is -0.344 e. The quantitative estimate of drug-likeness (QED) is 0.653. The van der Waals surface area contributed by atoms with E-state index in [1.54, 1.807) is 18.7 Å². The van der Waals surface area contributed by atoms with Crippen LogP contribution in [0.3, 0.4) is 0 Å². The Balaban J connectivity index is 2.23. The van der Waals surface area contributed by atoms with Crippen LogP contribution in [0.25, 0.3) is 0 Å². The summed E-state index contributed by atoms with van der Waals surface area (Å²) in [4.78, 5) is 8.05. The molecule has 1 fully saturated rings. The van der Waals surface area contributed by atoms with Gasteiger partial charge >= 0.3 is 6.18 Å². The first-order valence-corrected chi connectivity index (χ1v) is 5.84. The van der Waals surface area contributed by atoms with Crippen molar-refractivity contribution in [3.63, 3.8) is 0 Å². The third-order valence-electron chi connectivity index (χ3n) is 3.86. The molecule has 2 aliphatic rings. The van der Waals surface area contributed by atoms with E-state index in [2.05, 4.69) is 4.99 Å². The first-order chi connectivity index (χ1) is 7.74. The largest absolute Gasteiger partial charge is 0.394 e. The van der Waals surface area contributed by atoms with Crippen LogP contribution in [0.5, 0.6) is 0 Å². The van der Waals surface area contributed by atoms with Gasteiger partial charge in [-0.1, -0.05) is 0 Å². The second-order valence-electron chi connectivity index (χ2n) is 5.29. The molecule has 2 heterocycles. The van der Waals surface area contributed by atoms with Crippen molar-refractivity contribution in [1.29, 1.82) is 0 Å². The van der Waals surface area contributed by atoms with Gasteiger partial charge in [0.05, 0.1) is 12.5 Å². The van der Waals surface area contributed by atoms with Crippen LogP contribution < -0.4 is 0 Å². The maximum absolute atomic E-state index is 12.9. The third-order valence-corrected chi connectivity index (χ3v) is 3.86. The molecule has 3 nitrogen and oxygen atoms in total. The normalized spacial score (nSPS) is 28.8. The van der Waals surface area contributed by atoms with Crippen LogP contribution in [0.2, 0.25) is 0 Å². The molecule has 0 amide bonds. The molecule has 0 saturated carbocycles. The number of likely N-dealkylation sites (N-methyl/N-ethyl adjacent to an activating group) is 1. The average Bonchev–Trinajstić information content (AvgIpc) is 2.67. The van der Waals surface area contributed by atoms with E-state index in [9.17, 15) is 13.2 Å². The maximum atomic E-state index is 12.9. The molecular formula is C11H18F3N3. The lowest BCUT2D eigenvalue weighted by Gasteiger charge is -2.39. The van der Waals surface area contributed by atoms with E-state index in [1.807, 2.05) is 11.9 Å². The number of hydrogen-bond acceptors (Lipinski definition) is 3. The first kappa shape index (κ1) is 12.5. The molecule has 0 aromatic carbocycles. The molecule has 1 atom stereocenters. The standard InChI is InChI=1S/C11H18F3N3/c1-10(2)8(11(12,13)14)4-6-17(10)9-15-5-7-16(9)3/h8H,4-7H2,1-3H3. The Morgan fingerprint density at radius 1 is 1.29 bits per heavy atom. The molecule has 0 aromatic heterocycles. The fraction of sp³-hybridized carbons (Fsp3) is 0.909. The molecular weight excluding hydrogens is 231 g/mol. The number of alkyl halides is 3. The van der Waals surface area contributed by atoms with E-state index in [-0.39, 0.29) is 6.42 Å². The molecule has 1 unspecified atom stereocenters. The van der Waals surface area contributed by atoms with Crippen LogP contribution >= 0.6 is 0 Å². The van der Waals surface area contributed by atoms with Crippen molar-refractivity contribution in [2.75, 3.05) is 26.7 Å². The number of hydrogen-bond donors (Lipinski definition) is 0. The fourth-order valence-corrected chi connectivity index (χ4v) is 2.82. The van der Waals surface area contributed by atoms with E-state index >= 15 is 0 Å². The van der Waals surface area contributed by atoms with Gasteiger partial charge < -0.3 is 9.80 Å². The summed E-state index contributed by atoms with van der Waals surface area (Å²) in [6, 6.07) is 0. The number of guanidine groups is 1. The average molecular weight is 249 g/mol. The highest BCUT2D eigenvalue weighted by molar-refractivity contribution is 5.82. The van der Waals surface area contributed by atoms with Gasteiger partial charge in [-0.15, -0.1) is 0 Å². The van der Waals surface area contributed by atoms with E-state index in [4.69, 9.17) is 0 Å². The van der Waals surface area contributed by atoms with Gasteiger partial charge in [-0.2, -0.15) is 13.2 Å². The number of nitrogens with zero attached hydrogens (tertiary/aromatic N) is 3. The van der Waals surface area contributed by atoms with Crippen LogP contribution in [-0.4, -0.2) is 54.2 Å². The molecule has 0 aromatic rings. The minimum absolute atomic E-state index is 0.156. The minimum atomic E-state index is -4.13. The summed E-state index contributed by atoms with van der Waals surface area (Å²) >= 11 is 0. The van der Waals surface area contributed by atoms with Gasteiger partial charge in [0, 0.05) is 25.7 Å². The summed E-state index contributed by atoms with van der Waals surface area (Å²) in [6.07, 6.45) is -3.97. The topological polar surface area (TPSA) is 18.8 Å². The highest BCUT2D eigenvalue weighted by Gasteiger charge is 2.56. The second kappa shape index (κ2) is 3.78. The van der Waals surface area contributed by atoms with Crippen LogP contribution in [-0.2, 0) is 0 Å². The number of rotatable bonds is 0. The van der Waals surface area contributed by atoms with Gasteiger partial charge in [0.1, 0.15) is 0 Å². The number of halogens is 3. The van der Waals surface area contributed by atoms with Crippen LogP contribution in [0.1, 0.15) is 20.3 Å². The summed E-state index contributed by atoms with van der Waals surface area (Å²) in [5, 5.41) is 0. The smallest absolute Gasteiger partial charge is 0.344 e. The van der Waals surface area contributed by atoms with E-state index < -0.39 is 17.6 Å². The summed E-state index contributed by atoms with van der Waals surface area (Å²) in [6.45, 7) is 5.22. The lowest BCUT2D eigenvalue weighted by Crippen LogP contribution is -2.52. The molecule has 17 heavy (non-hydrogen) atoms. The summed E-state index contributed by atoms with van der Waals surface area (Å²) in [5.74, 6) is -0.562. The van der Waals surface area contributed by atoms with Gasteiger partial charge in [0.25, 0.3) is 0 Å². The Hall–Kier alpha value is -0.940.